The van der Waals surface area contributed by atoms with Crippen molar-refractivity contribution in [3.8, 4) is 11.1 Å². The van der Waals surface area contributed by atoms with E-state index in [1.165, 1.54) is 6.08 Å². The number of fused-ring (bicyclic) bond motifs is 1. The van der Waals surface area contributed by atoms with Gasteiger partial charge in [0.25, 0.3) is 0 Å². The van der Waals surface area contributed by atoms with Crippen molar-refractivity contribution in [2.24, 2.45) is 7.05 Å². The Bertz CT molecular complexity index is 1110. The number of H-pyrrole nitrogens is 1. The van der Waals surface area contributed by atoms with Crippen LogP contribution in [0, 0.1) is 0 Å². The van der Waals surface area contributed by atoms with Gasteiger partial charge in [0, 0.05) is 42.8 Å². The van der Waals surface area contributed by atoms with Crippen LogP contribution in [0.3, 0.4) is 0 Å². The summed E-state index contributed by atoms with van der Waals surface area (Å²) in [5, 5.41) is 7.05. The first-order chi connectivity index (χ1) is 12.7. The smallest absolute Gasteiger partial charge is 0.248 e. The Kier molecular flexibility index (Phi) is 4.03. The molecule has 0 radical (unpaired) electrons. The molecule has 7 nitrogen and oxygen atoms in total. The van der Waals surface area contributed by atoms with E-state index in [0.29, 0.717) is 5.69 Å². The van der Waals surface area contributed by atoms with Crippen molar-refractivity contribution in [3.63, 3.8) is 0 Å². The summed E-state index contributed by atoms with van der Waals surface area (Å²) >= 11 is 0. The van der Waals surface area contributed by atoms with Crippen LogP contribution in [0.2, 0.25) is 0 Å². The Morgan fingerprint density at radius 1 is 1.27 bits per heavy atom. The van der Waals surface area contributed by atoms with Crippen molar-refractivity contribution in [2.75, 3.05) is 5.32 Å². The molecule has 0 aliphatic rings. The molecule has 0 atom stereocenters. The Labute approximate surface area is 149 Å². The number of nitrogens with one attached hydrogen (secondary N) is 2. The number of rotatable bonds is 4. The van der Waals surface area contributed by atoms with Crippen molar-refractivity contribution >= 4 is 28.7 Å². The van der Waals surface area contributed by atoms with Gasteiger partial charge in [-0.3, -0.25) is 14.5 Å². The van der Waals surface area contributed by atoms with Gasteiger partial charge in [-0.1, -0.05) is 6.07 Å². The van der Waals surface area contributed by atoms with E-state index < -0.39 is 0 Å². The molecule has 0 saturated carbocycles. The number of anilines is 1. The van der Waals surface area contributed by atoms with Crippen molar-refractivity contribution in [1.29, 1.82) is 0 Å². The van der Waals surface area contributed by atoms with Crippen LogP contribution >= 0.6 is 0 Å². The van der Waals surface area contributed by atoms with E-state index in [9.17, 15) is 4.79 Å². The van der Waals surface area contributed by atoms with Gasteiger partial charge in [0.05, 0.1) is 23.7 Å². The zero-order valence-corrected chi connectivity index (χ0v) is 14.0. The molecule has 0 aliphatic heterocycles. The minimum Gasteiger partial charge on any atom is -0.345 e. The molecule has 1 aromatic carbocycles. The number of amides is 1. The maximum absolute atomic E-state index is 12.3. The van der Waals surface area contributed by atoms with Crippen molar-refractivity contribution in [1.82, 2.24) is 24.7 Å². The van der Waals surface area contributed by atoms with Crippen LogP contribution in [-0.4, -0.2) is 30.6 Å². The van der Waals surface area contributed by atoms with Crippen LogP contribution in [-0.2, 0) is 11.8 Å². The summed E-state index contributed by atoms with van der Waals surface area (Å²) in [5.41, 5.74) is 5.04. The Morgan fingerprint density at radius 2 is 2.19 bits per heavy atom. The van der Waals surface area contributed by atoms with Crippen LogP contribution in [0.4, 0.5) is 5.69 Å². The van der Waals surface area contributed by atoms with Gasteiger partial charge in [0.1, 0.15) is 5.52 Å². The highest BCUT2D eigenvalue weighted by atomic mass is 16.1. The Morgan fingerprint density at radius 3 is 3.04 bits per heavy atom. The molecule has 26 heavy (non-hydrogen) atoms. The number of aromatic amines is 1. The van der Waals surface area contributed by atoms with E-state index in [-0.39, 0.29) is 5.91 Å². The normalized spacial score (nSPS) is 11.3. The highest BCUT2D eigenvalue weighted by Gasteiger charge is 2.07. The maximum atomic E-state index is 12.3. The molecule has 4 rings (SSSR count). The van der Waals surface area contributed by atoms with E-state index in [1.807, 2.05) is 37.5 Å². The minimum absolute atomic E-state index is 0.235. The molecule has 3 heterocycles. The van der Waals surface area contributed by atoms with Gasteiger partial charge in [-0.25, -0.2) is 4.98 Å². The first-order valence-electron chi connectivity index (χ1n) is 8.05. The first-order valence-corrected chi connectivity index (χ1v) is 8.05. The van der Waals surface area contributed by atoms with Gasteiger partial charge >= 0.3 is 0 Å². The number of carbonyl (C=O) groups is 1. The van der Waals surface area contributed by atoms with Crippen molar-refractivity contribution in [3.05, 3.63) is 67.0 Å². The molecular weight excluding hydrogens is 328 g/mol. The molecule has 0 aliphatic carbocycles. The van der Waals surface area contributed by atoms with Gasteiger partial charge in [-0.05, 0) is 29.8 Å². The predicted molar refractivity (Wildman–Crippen MR) is 100 cm³/mol. The van der Waals surface area contributed by atoms with E-state index in [1.54, 1.807) is 35.7 Å². The number of nitrogens with zero attached hydrogens (tertiary/aromatic N) is 4. The first kappa shape index (κ1) is 15.8. The van der Waals surface area contributed by atoms with E-state index in [4.69, 9.17) is 0 Å². The molecule has 0 unspecified atom stereocenters. The number of aryl methyl sites for hydroxylation is 1. The molecule has 7 heteroatoms. The highest BCUT2D eigenvalue weighted by molar-refractivity contribution is 6.06. The number of carbonyl (C=O) groups excluding carboxylic acids is 1. The van der Waals surface area contributed by atoms with Crippen molar-refractivity contribution in [2.45, 2.75) is 0 Å². The van der Waals surface area contributed by atoms with Crippen molar-refractivity contribution < 1.29 is 4.79 Å². The summed E-state index contributed by atoms with van der Waals surface area (Å²) in [4.78, 5) is 23.7. The zero-order valence-electron chi connectivity index (χ0n) is 14.0. The number of imidazole rings is 1. The standard InChI is InChI=1S/C19H16N6O/c1-25-11-14(10-23-25)15-7-8-20-9-13(15)5-6-18(26)24-17-4-2-3-16-19(17)22-12-21-16/h2-12H,1H3,(H,21,22)(H,24,26)/b6-5+. The molecule has 4 aromatic rings. The summed E-state index contributed by atoms with van der Waals surface area (Å²) in [5.74, 6) is -0.235. The average molecular weight is 344 g/mol. The SMILES string of the molecule is Cn1cc(-c2ccncc2/C=C/C(=O)Nc2cccc3[nH]cnc23)cn1. The number of hydrogen-bond donors (Lipinski definition) is 2. The minimum atomic E-state index is -0.235. The number of benzene rings is 1. The summed E-state index contributed by atoms with van der Waals surface area (Å²) in [6, 6.07) is 7.49. The van der Waals surface area contributed by atoms with Gasteiger partial charge < -0.3 is 10.3 Å². The molecule has 3 aromatic heterocycles. The van der Waals surface area contributed by atoms with Crippen LogP contribution < -0.4 is 5.32 Å². The lowest BCUT2D eigenvalue weighted by Gasteiger charge is -2.04. The quantitative estimate of drug-likeness (QED) is 0.557. The van der Waals surface area contributed by atoms with Gasteiger partial charge in [0.15, 0.2) is 0 Å². The van der Waals surface area contributed by atoms with Gasteiger partial charge in [-0.15, -0.1) is 0 Å². The van der Waals surface area contributed by atoms with Gasteiger partial charge in [-0.2, -0.15) is 5.10 Å². The lowest BCUT2D eigenvalue weighted by atomic mass is 10.0. The van der Waals surface area contributed by atoms with E-state index >= 15 is 0 Å². The summed E-state index contributed by atoms with van der Waals surface area (Å²) in [6.45, 7) is 0. The predicted octanol–water partition coefficient (Wildman–Crippen LogP) is 3.01. The molecule has 128 valence electrons. The fraction of sp³-hybridized carbons (Fsp3) is 0.0526. The Hall–Kier alpha value is -3.74. The van der Waals surface area contributed by atoms with Gasteiger partial charge in [0.2, 0.25) is 5.91 Å². The molecule has 0 fully saturated rings. The monoisotopic (exact) mass is 344 g/mol. The second kappa shape index (κ2) is 6.64. The number of para-hydroxylation sites is 1. The third-order valence-corrected chi connectivity index (χ3v) is 3.99. The van der Waals surface area contributed by atoms with Crippen LogP contribution in [0.1, 0.15) is 5.56 Å². The Balaban J connectivity index is 1.57. The summed E-state index contributed by atoms with van der Waals surface area (Å²) in [6.07, 6.45) is 12.0. The topological polar surface area (TPSA) is 88.5 Å². The molecule has 0 spiro atoms. The van der Waals surface area contributed by atoms with Crippen LogP contribution in [0.25, 0.3) is 28.2 Å². The van der Waals surface area contributed by atoms with Crippen LogP contribution in [0.15, 0.2) is 61.5 Å². The average Bonchev–Trinajstić information content (AvgIpc) is 3.30. The molecular formula is C19H16N6O. The van der Waals surface area contributed by atoms with E-state index in [0.717, 1.165) is 27.7 Å². The fourth-order valence-corrected chi connectivity index (χ4v) is 2.77. The summed E-state index contributed by atoms with van der Waals surface area (Å²) < 4.78 is 1.74. The second-order valence-electron chi connectivity index (χ2n) is 5.79. The zero-order chi connectivity index (χ0) is 17.9. The number of hydrogen-bond acceptors (Lipinski definition) is 4. The van der Waals surface area contributed by atoms with E-state index in [2.05, 4.69) is 25.4 Å². The number of aromatic nitrogens is 5. The molecule has 0 saturated heterocycles. The summed E-state index contributed by atoms with van der Waals surface area (Å²) in [7, 11) is 1.86. The second-order valence-corrected chi connectivity index (χ2v) is 5.79. The number of pyridine rings is 1. The lowest BCUT2D eigenvalue weighted by molar-refractivity contribution is -0.111. The third kappa shape index (κ3) is 3.10. The molecule has 0 bridgehead atoms. The largest absolute Gasteiger partial charge is 0.345 e. The molecule has 2 N–H and O–H groups in total. The highest BCUT2D eigenvalue weighted by Crippen LogP contribution is 2.23. The van der Waals surface area contributed by atoms with Crippen LogP contribution in [0.5, 0.6) is 0 Å². The lowest BCUT2D eigenvalue weighted by Crippen LogP contribution is -2.08. The molecule has 1 amide bonds. The fourth-order valence-electron chi connectivity index (χ4n) is 2.77. The maximum Gasteiger partial charge on any atom is 0.248 e. The third-order valence-electron chi connectivity index (χ3n) is 3.99.